The van der Waals surface area contributed by atoms with Gasteiger partial charge in [0.1, 0.15) is 5.92 Å². The Morgan fingerprint density at radius 3 is 2.33 bits per heavy atom. The van der Waals surface area contributed by atoms with E-state index >= 15 is 0 Å². The second-order valence-corrected chi connectivity index (χ2v) is 5.43. The SMILES string of the molecule is C=C1NC(=S)N[C@@H](c2ccc(OC)c(OC)c2OC)[C@H]1C(=O)OC. The Morgan fingerprint density at radius 2 is 1.79 bits per heavy atom. The normalized spacial score (nSPS) is 19.8. The van der Waals surface area contributed by atoms with Crippen molar-refractivity contribution in [3.05, 3.63) is 30.0 Å². The van der Waals surface area contributed by atoms with E-state index in [1.54, 1.807) is 12.1 Å². The Bertz CT molecular complexity index is 677. The molecule has 0 spiro atoms. The molecule has 0 aromatic heterocycles. The molecular weight excluding hydrogens is 332 g/mol. The first-order valence-corrected chi connectivity index (χ1v) is 7.52. The molecule has 1 aliphatic heterocycles. The standard InChI is InChI=1S/C16H20N2O5S/c1-8-11(15(19)23-5)12(18-16(24)17-8)9-6-7-10(20-2)14(22-4)13(9)21-3/h6-7,11-12H,1H2,2-5H3,(H2,17,18,24)/t11-,12-/m0/s1. The molecule has 8 heteroatoms. The molecule has 2 N–H and O–H groups in total. The molecule has 2 atom stereocenters. The summed E-state index contributed by atoms with van der Waals surface area (Å²) in [6.07, 6.45) is 0. The molecule has 0 aliphatic carbocycles. The van der Waals surface area contributed by atoms with Crippen molar-refractivity contribution in [1.29, 1.82) is 0 Å². The first-order valence-electron chi connectivity index (χ1n) is 7.11. The quantitative estimate of drug-likeness (QED) is 0.610. The second-order valence-electron chi connectivity index (χ2n) is 5.03. The summed E-state index contributed by atoms with van der Waals surface area (Å²) in [6.45, 7) is 3.89. The molecule has 0 bridgehead atoms. The van der Waals surface area contributed by atoms with E-state index < -0.39 is 17.9 Å². The van der Waals surface area contributed by atoms with Crippen LogP contribution in [-0.2, 0) is 9.53 Å². The first-order chi connectivity index (χ1) is 11.5. The van der Waals surface area contributed by atoms with Crippen molar-refractivity contribution in [3.63, 3.8) is 0 Å². The van der Waals surface area contributed by atoms with Crippen LogP contribution in [0.1, 0.15) is 11.6 Å². The number of nitrogens with one attached hydrogen (secondary N) is 2. The molecule has 7 nitrogen and oxygen atoms in total. The van der Waals surface area contributed by atoms with E-state index in [1.807, 2.05) is 0 Å². The number of rotatable bonds is 5. The minimum Gasteiger partial charge on any atom is -0.493 e. The Morgan fingerprint density at radius 1 is 1.12 bits per heavy atom. The summed E-state index contributed by atoms with van der Waals surface area (Å²) in [4.78, 5) is 12.2. The van der Waals surface area contributed by atoms with Gasteiger partial charge in [0.25, 0.3) is 0 Å². The van der Waals surface area contributed by atoms with E-state index in [4.69, 9.17) is 31.2 Å². The van der Waals surface area contributed by atoms with Gasteiger partial charge in [-0.1, -0.05) is 6.58 Å². The molecule has 1 aromatic carbocycles. The highest BCUT2D eigenvalue weighted by atomic mass is 32.1. The Hall–Kier alpha value is -2.48. The van der Waals surface area contributed by atoms with Crippen molar-refractivity contribution in [2.24, 2.45) is 5.92 Å². The summed E-state index contributed by atoms with van der Waals surface area (Å²) in [5.41, 5.74) is 1.13. The lowest BCUT2D eigenvalue weighted by molar-refractivity contribution is -0.145. The zero-order valence-electron chi connectivity index (χ0n) is 14.0. The van der Waals surface area contributed by atoms with Crippen molar-refractivity contribution in [3.8, 4) is 17.2 Å². The maximum atomic E-state index is 12.2. The van der Waals surface area contributed by atoms with Crippen LogP contribution in [0, 0.1) is 5.92 Å². The Kier molecular flexibility index (Phi) is 5.50. The van der Waals surface area contributed by atoms with E-state index in [1.165, 1.54) is 28.4 Å². The lowest BCUT2D eigenvalue weighted by atomic mass is 9.88. The van der Waals surface area contributed by atoms with E-state index in [2.05, 4.69) is 17.2 Å². The molecule has 1 heterocycles. The lowest BCUT2D eigenvalue weighted by Gasteiger charge is -2.35. The van der Waals surface area contributed by atoms with E-state index in [9.17, 15) is 4.79 Å². The average molecular weight is 352 g/mol. The number of thiocarbonyl (C=S) groups is 1. The van der Waals surface area contributed by atoms with Gasteiger partial charge in [0.2, 0.25) is 5.75 Å². The first kappa shape index (κ1) is 17.9. The highest BCUT2D eigenvalue weighted by molar-refractivity contribution is 7.80. The number of carbonyl (C=O) groups excluding carboxylic acids is 1. The zero-order valence-corrected chi connectivity index (χ0v) is 14.8. The molecule has 1 aromatic rings. The smallest absolute Gasteiger partial charge is 0.317 e. The summed E-state index contributed by atoms with van der Waals surface area (Å²) < 4.78 is 21.1. The highest BCUT2D eigenvalue weighted by Crippen LogP contribution is 2.45. The van der Waals surface area contributed by atoms with Gasteiger partial charge in [-0.25, -0.2) is 0 Å². The summed E-state index contributed by atoms with van der Waals surface area (Å²) in [5.74, 6) is 0.264. The van der Waals surface area contributed by atoms with Crippen molar-refractivity contribution in [1.82, 2.24) is 10.6 Å². The third-order valence-electron chi connectivity index (χ3n) is 3.79. The van der Waals surface area contributed by atoms with Gasteiger partial charge in [0.05, 0.1) is 34.5 Å². The molecule has 1 fully saturated rings. The van der Waals surface area contributed by atoms with Crippen LogP contribution in [0.4, 0.5) is 0 Å². The van der Waals surface area contributed by atoms with Crippen LogP contribution >= 0.6 is 12.2 Å². The van der Waals surface area contributed by atoms with Gasteiger partial charge in [-0.05, 0) is 24.4 Å². The van der Waals surface area contributed by atoms with Gasteiger partial charge in [0, 0.05) is 11.3 Å². The molecule has 0 unspecified atom stereocenters. The maximum absolute atomic E-state index is 12.2. The monoisotopic (exact) mass is 352 g/mol. The van der Waals surface area contributed by atoms with Gasteiger partial charge in [-0.3, -0.25) is 4.79 Å². The minimum atomic E-state index is -0.686. The van der Waals surface area contributed by atoms with Gasteiger partial charge >= 0.3 is 5.97 Å². The Labute approximate surface area is 145 Å². The van der Waals surface area contributed by atoms with Crippen molar-refractivity contribution < 1.29 is 23.7 Å². The average Bonchev–Trinajstić information content (AvgIpc) is 2.58. The van der Waals surface area contributed by atoms with Crippen LogP contribution in [0.2, 0.25) is 0 Å². The van der Waals surface area contributed by atoms with Crippen LogP contribution in [-0.4, -0.2) is 39.5 Å². The number of benzene rings is 1. The lowest BCUT2D eigenvalue weighted by Crippen LogP contribution is -2.50. The summed E-state index contributed by atoms with van der Waals surface area (Å²) in [5, 5.41) is 6.30. The van der Waals surface area contributed by atoms with Crippen molar-refractivity contribution in [2.45, 2.75) is 6.04 Å². The fourth-order valence-electron chi connectivity index (χ4n) is 2.72. The minimum absolute atomic E-state index is 0.363. The van der Waals surface area contributed by atoms with Crippen LogP contribution in [0.5, 0.6) is 17.2 Å². The van der Waals surface area contributed by atoms with E-state index in [-0.39, 0.29) is 0 Å². The van der Waals surface area contributed by atoms with Gasteiger partial charge in [0.15, 0.2) is 16.6 Å². The largest absolute Gasteiger partial charge is 0.493 e. The Balaban J connectivity index is 2.60. The van der Waals surface area contributed by atoms with E-state index in [0.717, 1.165) is 0 Å². The fraction of sp³-hybridized carbons (Fsp3) is 0.375. The van der Waals surface area contributed by atoms with Gasteiger partial charge in [-0.2, -0.15) is 0 Å². The number of esters is 1. The summed E-state index contributed by atoms with van der Waals surface area (Å²) in [7, 11) is 5.89. The number of ether oxygens (including phenoxy) is 4. The van der Waals surface area contributed by atoms with Gasteiger partial charge in [-0.15, -0.1) is 0 Å². The van der Waals surface area contributed by atoms with Gasteiger partial charge < -0.3 is 29.6 Å². The van der Waals surface area contributed by atoms with Crippen molar-refractivity contribution in [2.75, 3.05) is 28.4 Å². The molecule has 2 rings (SSSR count). The molecule has 24 heavy (non-hydrogen) atoms. The molecule has 1 aliphatic rings. The second kappa shape index (κ2) is 7.39. The molecule has 0 saturated carbocycles. The molecule has 0 radical (unpaired) electrons. The molecule has 1 saturated heterocycles. The van der Waals surface area contributed by atoms with Crippen LogP contribution < -0.4 is 24.8 Å². The summed E-state index contributed by atoms with van der Waals surface area (Å²) in [6, 6.07) is 3.00. The number of hydrogen-bond acceptors (Lipinski definition) is 6. The predicted molar refractivity (Wildman–Crippen MR) is 92.4 cm³/mol. The number of methoxy groups -OCH3 is 4. The predicted octanol–water partition coefficient (Wildman–Crippen LogP) is 1.53. The fourth-order valence-corrected chi connectivity index (χ4v) is 2.98. The highest BCUT2D eigenvalue weighted by Gasteiger charge is 2.39. The van der Waals surface area contributed by atoms with Crippen LogP contribution in [0.3, 0.4) is 0 Å². The van der Waals surface area contributed by atoms with Crippen LogP contribution in [0.15, 0.2) is 24.4 Å². The van der Waals surface area contributed by atoms with Crippen molar-refractivity contribution >= 4 is 23.3 Å². The number of hydrogen-bond donors (Lipinski definition) is 2. The van der Waals surface area contributed by atoms with E-state index in [0.29, 0.717) is 33.6 Å². The summed E-state index contributed by atoms with van der Waals surface area (Å²) >= 11 is 5.19. The number of carbonyl (C=O) groups is 1. The van der Waals surface area contributed by atoms with Crippen LogP contribution in [0.25, 0.3) is 0 Å². The topological polar surface area (TPSA) is 78.0 Å². The zero-order chi connectivity index (χ0) is 17.9. The molecule has 130 valence electrons. The molecule has 0 amide bonds. The molecular formula is C16H20N2O5S. The third kappa shape index (κ3) is 3.09. The maximum Gasteiger partial charge on any atom is 0.317 e. The third-order valence-corrected chi connectivity index (χ3v) is 4.01.